The molecular weight excluding hydrogens is 289 g/mol. The Bertz CT molecular complexity index is 601. The zero-order valence-electron chi connectivity index (χ0n) is 12.0. The first kappa shape index (κ1) is 15.9. The topological polar surface area (TPSA) is 63.7 Å². The van der Waals surface area contributed by atoms with Crippen molar-refractivity contribution in [2.75, 3.05) is 13.2 Å². The van der Waals surface area contributed by atoms with Crippen LogP contribution in [0.1, 0.15) is 23.2 Å². The summed E-state index contributed by atoms with van der Waals surface area (Å²) in [5.41, 5.74) is -2.55. The highest BCUT2D eigenvalue weighted by atomic mass is 19.1. The Morgan fingerprint density at radius 3 is 2.68 bits per heavy atom. The number of esters is 1. The fourth-order valence-corrected chi connectivity index (χ4v) is 2.27. The van der Waals surface area contributed by atoms with Gasteiger partial charge in [-0.1, -0.05) is 30.9 Å². The summed E-state index contributed by atoms with van der Waals surface area (Å²) in [6.07, 6.45) is 1.19. The maximum Gasteiger partial charge on any atom is 0.354 e. The minimum atomic E-state index is -2.81. The van der Waals surface area contributed by atoms with E-state index in [1.54, 1.807) is 18.2 Å². The van der Waals surface area contributed by atoms with Crippen molar-refractivity contribution < 1.29 is 23.5 Å². The van der Waals surface area contributed by atoms with Crippen LogP contribution in [-0.4, -0.2) is 41.5 Å². The van der Waals surface area contributed by atoms with E-state index in [1.807, 2.05) is 0 Å². The van der Waals surface area contributed by atoms with Gasteiger partial charge in [-0.25, -0.2) is 9.18 Å². The molecule has 1 aromatic carbocycles. The third kappa shape index (κ3) is 2.90. The van der Waals surface area contributed by atoms with Gasteiger partial charge in [0, 0.05) is 18.5 Å². The van der Waals surface area contributed by atoms with Crippen LogP contribution in [-0.2, 0) is 14.3 Å². The van der Waals surface area contributed by atoms with E-state index in [2.05, 4.69) is 11.3 Å². The summed E-state index contributed by atoms with van der Waals surface area (Å²) in [5.74, 6) is -3.06. The van der Waals surface area contributed by atoms with Crippen LogP contribution in [0.4, 0.5) is 4.39 Å². The van der Waals surface area contributed by atoms with Gasteiger partial charge < -0.3 is 4.74 Å². The molecular formula is C16H16FNO4. The van der Waals surface area contributed by atoms with Crippen LogP contribution in [0.15, 0.2) is 43.0 Å². The third-order valence-electron chi connectivity index (χ3n) is 3.41. The highest BCUT2D eigenvalue weighted by Gasteiger charge is 2.53. The van der Waals surface area contributed by atoms with Crippen molar-refractivity contribution in [1.29, 1.82) is 0 Å². The molecule has 1 fully saturated rings. The Morgan fingerprint density at radius 1 is 1.36 bits per heavy atom. The van der Waals surface area contributed by atoms with Gasteiger partial charge in [-0.15, -0.1) is 0 Å². The van der Waals surface area contributed by atoms with Gasteiger partial charge in [-0.3, -0.25) is 14.5 Å². The number of amides is 2. The number of hydrogen-bond donors (Lipinski definition) is 0. The quantitative estimate of drug-likeness (QED) is 0.369. The Morgan fingerprint density at radius 2 is 2.05 bits per heavy atom. The molecule has 0 aromatic heterocycles. The molecule has 6 heteroatoms. The maximum absolute atomic E-state index is 14.8. The predicted molar refractivity (Wildman–Crippen MR) is 76.7 cm³/mol. The number of carbonyl (C=O) groups is 3. The van der Waals surface area contributed by atoms with Crippen molar-refractivity contribution in [1.82, 2.24) is 4.90 Å². The lowest BCUT2D eigenvalue weighted by Crippen LogP contribution is -2.57. The molecule has 0 bridgehead atoms. The predicted octanol–water partition coefficient (Wildman–Crippen LogP) is 1.89. The van der Waals surface area contributed by atoms with Gasteiger partial charge in [0.05, 0.1) is 0 Å². The van der Waals surface area contributed by atoms with Crippen molar-refractivity contribution in [3.05, 3.63) is 48.6 Å². The molecule has 1 aromatic rings. The minimum Gasteiger partial charge on any atom is -0.459 e. The highest BCUT2D eigenvalue weighted by molar-refractivity contribution is 6.14. The van der Waals surface area contributed by atoms with Crippen LogP contribution < -0.4 is 0 Å². The molecule has 2 rings (SSSR count). The Hall–Kier alpha value is -2.50. The van der Waals surface area contributed by atoms with Crippen molar-refractivity contribution in [2.45, 2.75) is 18.5 Å². The molecule has 116 valence electrons. The Labute approximate surface area is 127 Å². The molecule has 1 heterocycles. The van der Waals surface area contributed by atoms with Crippen molar-refractivity contribution in [2.24, 2.45) is 0 Å². The number of benzene rings is 1. The average molecular weight is 305 g/mol. The fraction of sp³-hybridized carbons (Fsp3) is 0.312. The lowest BCUT2D eigenvalue weighted by Gasteiger charge is -2.33. The molecule has 0 spiro atoms. The number of halogens is 1. The summed E-state index contributed by atoms with van der Waals surface area (Å²) in [6, 6.07) is 8.06. The third-order valence-corrected chi connectivity index (χ3v) is 3.41. The second kappa shape index (κ2) is 6.51. The van der Waals surface area contributed by atoms with Gasteiger partial charge in [0.2, 0.25) is 0 Å². The summed E-state index contributed by atoms with van der Waals surface area (Å²) in [6.45, 7) is 3.24. The van der Waals surface area contributed by atoms with Gasteiger partial charge in [-0.2, -0.15) is 0 Å². The number of ether oxygens (including phenoxy) is 1. The van der Waals surface area contributed by atoms with Crippen LogP contribution in [0, 0.1) is 0 Å². The average Bonchev–Trinajstić information content (AvgIpc) is 2.55. The highest BCUT2D eigenvalue weighted by Crippen LogP contribution is 2.29. The van der Waals surface area contributed by atoms with E-state index in [-0.39, 0.29) is 31.6 Å². The minimum absolute atomic E-state index is 0.0764. The number of hydrogen-bond acceptors (Lipinski definition) is 4. The molecule has 1 aliphatic heterocycles. The van der Waals surface area contributed by atoms with Gasteiger partial charge in [-0.05, 0) is 18.6 Å². The van der Waals surface area contributed by atoms with E-state index in [0.29, 0.717) is 0 Å². The Balaban J connectivity index is 2.21. The lowest BCUT2D eigenvalue weighted by molar-refractivity contribution is -0.168. The number of likely N-dealkylation sites (tertiary alicyclic amines) is 1. The van der Waals surface area contributed by atoms with Crippen molar-refractivity contribution in [3.8, 4) is 0 Å². The molecule has 1 saturated heterocycles. The smallest absolute Gasteiger partial charge is 0.354 e. The first-order chi connectivity index (χ1) is 10.5. The standard InChI is InChI=1S/C16H16FNO4/c1-2-11-22-15(21)16(17)9-6-10-18(14(16)20)13(19)12-7-4-3-5-8-12/h2-5,7-8H,1,6,9-11H2. The first-order valence-corrected chi connectivity index (χ1v) is 6.89. The zero-order valence-corrected chi connectivity index (χ0v) is 12.0. The van der Waals surface area contributed by atoms with E-state index in [0.717, 1.165) is 4.90 Å². The maximum atomic E-state index is 14.8. The van der Waals surface area contributed by atoms with E-state index >= 15 is 0 Å². The Kier molecular flexibility index (Phi) is 4.70. The van der Waals surface area contributed by atoms with Gasteiger partial charge in [0.15, 0.2) is 0 Å². The lowest BCUT2D eigenvalue weighted by atomic mass is 9.93. The number of nitrogens with zero attached hydrogens (tertiary/aromatic N) is 1. The molecule has 1 atom stereocenters. The van der Waals surface area contributed by atoms with Crippen molar-refractivity contribution >= 4 is 17.8 Å². The molecule has 2 amide bonds. The normalized spacial score (nSPS) is 21.3. The number of piperidine rings is 1. The SMILES string of the molecule is C=CCOC(=O)C1(F)CCCN(C(=O)c2ccccc2)C1=O. The largest absolute Gasteiger partial charge is 0.459 e. The van der Waals surface area contributed by atoms with Crippen LogP contribution in [0.2, 0.25) is 0 Å². The molecule has 0 saturated carbocycles. The van der Waals surface area contributed by atoms with Crippen LogP contribution in [0.25, 0.3) is 0 Å². The van der Waals surface area contributed by atoms with Crippen LogP contribution in [0.5, 0.6) is 0 Å². The molecule has 1 aliphatic rings. The molecule has 0 radical (unpaired) electrons. The van der Waals surface area contributed by atoms with E-state index in [9.17, 15) is 18.8 Å². The van der Waals surface area contributed by atoms with Gasteiger partial charge >= 0.3 is 5.97 Å². The van der Waals surface area contributed by atoms with Gasteiger partial charge in [0.25, 0.3) is 17.5 Å². The molecule has 0 aliphatic carbocycles. The van der Waals surface area contributed by atoms with E-state index in [1.165, 1.54) is 18.2 Å². The van der Waals surface area contributed by atoms with E-state index in [4.69, 9.17) is 0 Å². The molecule has 0 N–H and O–H groups in total. The second-order valence-electron chi connectivity index (χ2n) is 4.92. The second-order valence-corrected chi connectivity index (χ2v) is 4.92. The summed E-state index contributed by atoms with van der Waals surface area (Å²) in [4.78, 5) is 37.1. The molecule has 1 unspecified atom stereocenters. The summed E-state index contributed by atoms with van der Waals surface area (Å²) < 4.78 is 19.4. The van der Waals surface area contributed by atoms with Gasteiger partial charge in [0.1, 0.15) is 6.61 Å². The van der Waals surface area contributed by atoms with E-state index < -0.39 is 23.5 Å². The fourth-order valence-electron chi connectivity index (χ4n) is 2.27. The first-order valence-electron chi connectivity index (χ1n) is 6.89. The van der Waals surface area contributed by atoms with Crippen LogP contribution in [0.3, 0.4) is 0 Å². The summed E-state index contributed by atoms with van der Waals surface area (Å²) in [5, 5.41) is 0. The molecule has 22 heavy (non-hydrogen) atoms. The monoisotopic (exact) mass is 305 g/mol. The van der Waals surface area contributed by atoms with Crippen LogP contribution >= 0.6 is 0 Å². The summed E-state index contributed by atoms with van der Waals surface area (Å²) in [7, 11) is 0. The number of alkyl halides is 1. The number of carbonyl (C=O) groups excluding carboxylic acids is 3. The number of imide groups is 1. The zero-order chi connectivity index (χ0) is 16.2. The molecule has 5 nitrogen and oxygen atoms in total. The van der Waals surface area contributed by atoms with Crippen molar-refractivity contribution in [3.63, 3.8) is 0 Å². The summed E-state index contributed by atoms with van der Waals surface area (Å²) >= 11 is 0. The number of rotatable bonds is 4.